The minimum atomic E-state index is -3.47. The van der Waals surface area contributed by atoms with Crippen molar-refractivity contribution in [2.75, 3.05) is 33.9 Å². The summed E-state index contributed by atoms with van der Waals surface area (Å²) in [6, 6.07) is 3.82. The molecule has 1 aliphatic rings. The molecule has 0 bridgehead atoms. The molecule has 158 valence electrons. The van der Waals surface area contributed by atoms with Crippen molar-refractivity contribution in [2.24, 2.45) is 10.7 Å². The van der Waals surface area contributed by atoms with E-state index in [4.69, 9.17) is 26.8 Å². The lowest BCUT2D eigenvalue weighted by Gasteiger charge is -2.28. The van der Waals surface area contributed by atoms with Crippen molar-refractivity contribution in [1.82, 2.24) is 9.29 Å². The number of guanidine groups is 1. The number of rotatable bonds is 8. The van der Waals surface area contributed by atoms with Crippen LogP contribution >= 0.6 is 22.9 Å². The van der Waals surface area contributed by atoms with Crippen LogP contribution < -0.4 is 10.5 Å². The predicted octanol–water partition coefficient (Wildman–Crippen LogP) is 2.38. The lowest BCUT2D eigenvalue weighted by molar-refractivity contribution is 0.134. The van der Waals surface area contributed by atoms with Crippen molar-refractivity contribution < 1.29 is 17.9 Å². The van der Waals surface area contributed by atoms with Crippen LogP contribution in [0.25, 0.3) is 10.4 Å². The van der Waals surface area contributed by atoms with Gasteiger partial charge in [0, 0.05) is 41.6 Å². The fourth-order valence-electron chi connectivity index (χ4n) is 2.85. The van der Waals surface area contributed by atoms with Gasteiger partial charge in [0.25, 0.3) is 0 Å². The van der Waals surface area contributed by atoms with Crippen molar-refractivity contribution in [2.45, 2.75) is 18.1 Å². The fourth-order valence-corrected chi connectivity index (χ4v) is 5.67. The minimum Gasteiger partial charge on any atom is -0.495 e. The van der Waals surface area contributed by atoms with E-state index >= 15 is 0 Å². The van der Waals surface area contributed by atoms with E-state index in [2.05, 4.69) is 9.98 Å². The van der Waals surface area contributed by atoms with Crippen molar-refractivity contribution in [1.29, 1.82) is 0 Å². The third kappa shape index (κ3) is 5.00. The molecule has 0 fully saturated rings. The zero-order chi connectivity index (χ0) is 21.0. The number of thiophene rings is 1. The Morgan fingerprint density at radius 2 is 2.14 bits per heavy atom. The quantitative estimate of drug-likeness (QED) is 0.608. The third-order valence-corrected chi connectivity index (χ3v) is 8.50. The number of ether oxygens (including phenoxy) is 2. The molecule has 11 heteroatoms. The van der Waals surface area contributed by atoms with E-state index in [0.29, 0.717) is 36.8 Å². The number of hydrogen-bond acceptors (Lipinski definition) is 8. The number of aliphatic imine (C=N–C) groups is 1. The summed E-state index contributed by atoms with van der Waals surface area (Å²) >= 11 is 7.94. The number of sulfonamides is 1. The van der Waals surface area contributed by atoms with Gasteiger partial charge in [-0.15, -0.1) is 11.3 Å². The van der Waals surface area contributed by atoms with Crippen LogP contribution in [0.15, 0.2) is 29.5 Å². The Bertz CT molecular complexity index is 993. The zero-order valence-corrected chi connectivity index (χ0v) is 18.6. The van der Waals surface area contributed by atoms with E-state index in [1.165, 1.54) is 7.05 Å². The topological polar surface area (TPSA) is 107 Å². The van der Waals surface area contributed by atoms with Crippen molar-refractivity contribution >= 4 is 38.9 Å². The summed E-state index contributed by atoms with van der Waals surface area (Å²) in [6.07, 6.45) is 4.42. The van der Waals surface area contributed by atoms with Crippen LogP contribution in [0.5, 0.6) is 5.75 Å². The summed E-state index contributed by atoms with van der Waals surface area (Å²) in [5.41, 5.74) is 6.51. The van der Waals surface area contributed by atoms with Crippen molar-refractivity contribution in [3.63, 3.8) is 0 Å². The van der Waals surface area contributed by atoms with Gasteiger partial charge >= 0.3 is 0 Å². The van der Waals surface area contributed by atoms with E-state index < -0.39 is 15.3 Å². The molecule has 2 N–H and O–H groups in total. The smallest absolute Gasteiger partial charge is 0.241 e. The Kier molecular flexibility index (Phi) is 6.99. The molecule has 0 aliphatic carbocycles. The van der Waals surface area contributed by atoms with Gasteiger partial charge in [-0.1, -0.05) is 11.6 Å². The maximum absolute atomic E-state index is 12.3. The molecule has 1 unspecified atom stereocenters. The van der Waals surface area contributed by atoms with Gasteiger partial charge in [-0.2, -0.15) is 0 Å². The first-order chi connectivity index (χ1) is 13.8. The van der Waals surface area contributed by atoms with Crippen LogP contribution in [0.2, 0.25) is 5.02 Å². The van der Waals surface area contributed by atoms with Crippen LogP contribution in [0.1, 0.15) is 11.3 Å². The Labute approximate surface area is 179 Å². The number of nitrogens with zero attached hydrogens (tertiary/aromatic N) is 3. The molecule has 2 aromatic heterocycles. The number of methoxy groups -OCH3 is 1. The summed E-state index contributed by atoms with van der Waals surface area (Å²) in [5, 5.41) is 0.0648. The van der Waals surface area contributed by atoms with E-state index in [1.54, 1.807) is 30.8 Å². The summed E-state index contributed by atoms with van der Waals surface area (Å²) in [6.45, 7) is 0.934. The number of pyridine rings is 1. The Morgan fingerprint density at radius 3 is 2.90 bits per heavy atom. The molecule has 8 nitrogen and oxygen atoms in total. The van der Waals surface area contributed by atoms with Gasteiger partial charge in [-0.25, -0.2) is 12.7 Å². The molecular weight excluding hydrogens is 436 g/mol. The molecular formula is C18H23ClN4O4S2. The zero-order valence-electron chi connectivity index (χ0n) is 16.2. The molecule has 29 heavy (non-hydrogen) atoms. The van der Waals surface area contributed by atoms with Gasteiger partial charge in [0.1, 0.15) is 11.0 Å². The molecule has 0 aromatic carbocycles. The molecule has 0 spiro atoms. The highest BCUT2D eigenvalue weighted by Gasteiger charge is 2.34. The number of nitrogens with two attached hydrogens (primary N) is 1. The van der Waals surface area contributed by atoms with Gasteiger partial charge < -0.3 is 15.2 Å². The fraction of sp³-hybridized carbons (Fsp3) is 0.444. The molecule has 1 atom stereocenters. The minimum absolute atomic E-state index is 0.0246. The van der Waals surface area contributed by atoms with Crippen molar-refractivity contribution in [3.05, 3.63) is 34.4 Å². The van der Waals surface area contributed by atoms with Gasteiger partial charge in [0.15, 0.2) is 0 Å². The Hall–Kier alpha value is -1.88. The highest BCUT2D eigenvalue weighted by atomic mass is 35.5. The average molecular weight is 459 g/mol. The van der Waals surface area contributed by atoms with Gasteiger partial charge in [-0.3, -0.25) is 9.98 Å². The van der Waals surface area contributed by atoms with Crippen LogP contribution in [0.3, 0.4) is 0 Å². The SMILES string of the molecule is COc1cncc(-c2cc(Cl)c(CCOCCC3CN=C(N)N(C)S3(=O)=O)s2)c1. The van der Waals surface area contributed by atoms with E-state index in [0.717, 1.165) is 19.6 Å². The molecule has 0 saturated heterocycles. The summed E-state index contributed by atoms with van der Waals surface area (Å²) in [5.74, 6) is 0.711. The van der Waals surface area contributed by atoms with Gasteiger partial charge in [0.05, 0.1) is 31.5 Å². The van der Waals surface area contributed by atoms with Crippen LogP contribution in [0, 0.1) is 0 Å². The highest BCUT2D eigenvalue weighted by Crippen LogP contribution is 2.35. The number of hydrogen-bond donors (Lipinski definition) is 1. The molecule has 1 aliphatic heterocycles. The van der Waals surface area contributed by atoms with Gasteiger partial charge in [0.2, 0.25) is 16.0 Å². The van der Waals surface area contributed by atoms with E-state index in [1.807, 2.05) is 12.1 Å². The second-order valence-electron chi connectivity index (χ2n) is 6.48. The number of aromatic nitrogens is 1. The first kappa shape index (κ1) is 21.8. The molecule has 0 amide bonds. The first-order valence-electron chi connectivity index (χ1n) is 8.96. The van der Waals surface area contributed by atoms with E-state index in [9.17, 15) is 8.42 Å². The molecule has 3 rings (SSSR count). The normalized spacial score (nSPS) is 18.5. The lowest BCUT2D eigenvalue weighted by atomic mass is 10.2. The maximum Gasteiger partial charge on any atom is 0.241 e. The second-order valence-corrected chi connectivity index (χ2v) is 10.3. The van der Waals surface area contributed by atoms with Crippen molar-refractivity contribution in [3.8, 4) is 16.2 Å². The maximum atomic E-state index is 12.3. The average Bonchev–Trinajstić information content (AvgIpc) is 3.08. The molecule has 2 aromatic rings. The third-order valence-electron chi connectivity index (χ3n) is 4.63. The summed E-state index contributed by atoms with van der Waals surface area (Å²) in [4.78, 5) is 10.2. The van der Waals surface area contributed by atoms with Crippen LogP contribution in [-0.4, -0.2) is 62.8 Å². The first-order valence-corrected chi connectivity index (χ1v) is 11.7. The summed E-state index contributed by atoms with van der Waals surface area (Å²) in [7, 11) is -0.456. The van der Waals surface area contributed by atoms with Gasteiger partial charge in [-0.05, 0) is 18.6 Å². The largest absolute Gasteiger partial charge is 0.495 e. The number of halogens is 1. The summed E-state index contributed by atoms with van der Waals surface area (Å²) < 4.78 is 36.5. The van der Waals surface area contributed by atoms with Crippen LogP contribution in [-0.2, 0) is 21.2 Å². The lowest BCUT2D eigenvalue weighted by Crippen LogP contribution is -2.49. The molecule has 3 heterocycles. The molecule has 0 radical (unpaired) electrons. The van der Waals surface area contributed by atoms with E-state index in [-0.39, 0.29) is 12.5 Å². The second kappa shape index (κ2) is 9.29. The molecule has 0 saturated carbocycles. The standard InChI is InChI=1S/C18H23ClN4O4S2/c1-23-18(20)22-11-14(29(23,24)25)3-5-27-6-4-16-15(19)8-17(28-16)12-7-13(26-2)10-21-9-12/h7-10,14H,3-6,11H2,1-2H3,(H2,20,22). The Balaban J connectivity index is 1.51. The Morgan fingerprint density at radius 1 is 1.34 bits per heavy atom. The van der Waals surface area contributed by atoms with Crippen LogP contribution in [0.4, 0.5) is 0 Å². The monoisotopic (exact) mass is 458 g/mol. The highest BCUT2D eigenvalue weighted by molar-refractivity contribution is 7.90. The predicted molar refractivity (Wildman–Crippen MR) is 115 cm³/mol.